The van der Waals surface area contributed by atoms with Gasteiger partial charge >= 0.3 is 0 Å². The topological polar surface area (TPSA) is 0 Å². The van der Waals surface area contributed by atoms with E-state index >= 15 is 0 Å². The molecule has 1 rings (SSSR count). The molecule has 59 valence electrons. The Labute approximate surface area is 77.1 Å². The summed E-state index contributed by atoms with van der Waals surface area (Å²) in [6.45, 7) is 5.89. The summed E-state index contributed by atoms with van der Waals surface area (Å²) in [6.07, 6.45) is 0. The van der Waals surface area contributed by atoms with Crippen LogP contribution in [0.3, 0.4) is 0 Å². The van der Waals surface area contributed by atoms with Crippen LogP contribution in [-0.2, 0) is 0 Å². The summed E-state index contributed by atoms with van der Waals surface area (Å²) in [6, 6.07) is 5.58. The summed E-state index contributed by atoms with van der Waals surface area (Å²) in [7, 11) is 0. The van der Waals surface area contributed by atoms with Crippen LogP contribution in [0.2, 0.25) is 10.0 Å². The summed E-state index contributed by atoms with van der Waals surface area (Å²) in [5.41, 5.74) is 1.11. The van der Waals surface area contributed by atoms with E-state index in [2.05, 4.69) is 6.92 Å². The van der Waals surface area contributed by atoms with Crippen LogP contribution in [0, 0.1) is 6.92 Å². The third-order valence-corrected chi connectivity index (χ3v) is 2.25. The van der Waals surface area contributed by atoms with Gasteiger partial charge in [-0.25, -0.2) is 0 Å². The van der Waals surface area contributed by atoms with Gasteiger partial charge in [-0.15, -0.1) is 0 Å². The van der Waals surface area contributed by atoms with Gasteiger partial charge in [0.25, 0.3) is 0 Å². The molecule has 0 aromatic heterocycles. The van der Waals surface area contributed by atoms with Crippen LogP contribution < -0.4 is 0 Å². The fraction of sp³-hybridized carbons (Fsp3) is 0.222. The van der Waals surface area contributed by atoms with Crippen molar-refractivity contribution in [2.75, 3.05) is 0 Å². The van der Waals surface area contributed by atoms with Crippen molar-refractivity contribution in [3.05, 3.63) is 40.7 Å². The van der Waals surface area contributed by atoms with Crippen LogP contribution in [0.25, 0.3) is 0 Å². The molecule has 0 aliphatic carbocycles. The zero-order valence-electron chi connectivity index (χ0n) is 6.27. The number of halogens is 2. The summed E-state index contributed by atoms with van der Waals surface area (Å²) in [5.74, 6) is 0.254. The molecule has 0 aliphatic rings. The average molecular weight is 188 g/mol. The molecule has 0 heterocycles. The Kier molecular flexibility index (Phi) is 2.80. The molecule has 1 aromatic rings. The molecule has 0 saturated carbocycles. The minimum atomic E-state index is 0.254. The van der Waals surface area contributed by atoms with E-state index in [1.807, 2.05) is 19.1 Å². The predicted molar refractivity (Wildman–Crippen MR) is 50.2 cm³/mol. The molecular weight excluding hydrogens is 179 g/mol. The highest BCUT2D eigenvalue weighted by atomic mass is 35.5. The first kappa shape index (κ1) is 8.89. The highest BCUT2D eigenvalue weighted by Gasteiger charge is 2.01. The van der Waals surface area contributed by atoms with Gasteiger partial charge in [-0.05, 0) is 30.5 Å². The summed E-state index contributed by atoms with van der Waals surface area (Å²) < 4.78 is 0. The highest BCUT2D eigenvalue weighted by Crippen LogP contribution is 2.25. The second-order valence-corrected chi connectivity index (χ2v) is 3.39. The van der Waals surface area contributed by atoms with E-state index in [4.69, 9.17) is 23.2 Å². The number of hydrogen-bond donors (Lipinski definition) is 0. The maximum atomic E-state index is 5.80. The quantitative estimate of drug-likeness (QED) is 0.626. The third kappa shape index (κ3) is 2.11. The van der Waals surface area contributed by atoms with Crippen LogP contribution in [0.15, 0.2) is 18.2 Å². The van der Waals surface area contributed by atoms with Crippen molar-refractivity contribution < 1.29 is 0 Å². The van der Waals surface area contributed by atoms with Crippen LogP contribution >= 0.6 is 23.2 Å². The molecule has 0 spiro atoms. The van der Waals surface area contributed by atoms with E-state index in [1.165, 1.54) is 0 Å². The van der Waals surface area contributed by atoms with E-state index in [9.17, 15) is 0 Å². The SMILES string of the molecule is [CH2][C@@H](C)c1ccc(Cl)c(Cl)c1. The fourth-order valence-corrected chi connectivity index (χ4v) is 1.13. The molecule has 0 unspecified atom stereocenters. The summed E-state index contributed by atoms with van der Waals surface area (Å²) in [4.78, 5) is 0. The third-order valence-electron chi connectivity index (χ3n) is 1.51. The number of rotatable bonds is 1. The van der Waals surface area contributed by atoms with Crippen LogP contribution in [0.5, 0.6) is 0 Å². The maximum Gasteiger partial charge on any atom is 0.0595 e. The van der Waals surface area contributed by atoms with E-state index in [0.29, 0.717) is 10.0 Å². The van der Waals surface area contributed by atoms with Crippen LogP contribution in [0.1, 0.15) is 18.4 Å². The largest absolute Gasteiger partial charge is 0.0827 e. The number of benzene rings is 1. The zero-order chi connectivity index (χ0) is 8.43. The van der Waals surface area contributed by atoms with E-state index in [-0.39, 0.29) is 5.92 Å². The van der Waals surface area contributed by atoms with Crippen molar-refractivity contribution in [3.8, 4) is 0 Å². The molecule has 1 aromatic carbocycles. The second-order valence-electron chi connectivity index (χ2n) is 2.57. The van der Waals surface area contributed by atoms with E-state index < -0.39 is 0 Å². The van der Waals surface area contributed by atoms with Crippen molar-refractivity contribution in [3.63, 3.8) is 0 Å². The Balaban J connectivity index is 3.05. The second kappa shape index (κ2) is 3.46. The van der Waals surface area contributed by atoms with Crippen LogP contribution in [0.4, 0.5) is 0 Å². The first-order chi connectivity index (χ1) is 5.11. The molecule has 0 saturated heterocycles. The highest BCUT2D eigenvalue weighted by molar-refractivity contribution is 6.42. The van der Waals surface area contributed by atoms with Gasteiger partial charge in [0.05, 0.1) is 10.0 Å². The average Bonchev–Trinajstić information content (AvgIpc) is 1.94. The smallest absolute Gasteiger partial charge is 0.0595 e. The Morgan fingerprint density at radius 3 is 2.36 bits per heavy atom. The van der Waals surface area contributed by atoms with Crippen molar-refractivity contribution in [2.45, 2.75) is 12.8 Å². The van der Waals surface area contributed by atoms with Crippen molar-refractivity contribution in [2.24, 2.45) is 0 Å². The first-order valence-electron chi connectivity index (χ1n) is 3.39. The molecule has 0 nitrogen and oxygen atoms in total. The Morgan fingerprint density at radius 2 is 1.91 bits per heavy atom. The van der Waals surface area contributed by atoms with Gasteiger partial charge in [0.2, 0.25) is 0 Å². The maximum absolute atomic E-state index is 5.80. The Bertz CT molecular complexity index is 254. The van der Waals surface area contributed by atoms with E-state index in [0.717, 1.165) is 5.56 Å². The normalized spacial score (nSPS) is 10.6. The predicted octanol–water partition coefficient (Wildman–Crippen LogP) is 3.93. The molecule has 0 bridgehead atoms. The molecule has 0 N–H and O–H groups in total. The van der Waals surface area contributed by atoms with Gasteiger partial charge in [-0.1, -0.05) is 36.2 Å². The molecule has 2 heteroatoms. The van der Waals surface area contributed by atoms with Gasteiger partial charge in [-0.3, -0.25) is 0 Å². The Morgan fingerprint density at radius 1 is 1.27 bits per heavy atom. The van der Waals surface area contributed by atoms with Crippen molar-refractivity contribution >= 4 is 23.2 Å². The monoisotopic (exact) mass is 187 g/mol. The fourth-order valence-electron chi connectivity index (χ4n) is 0.819. The van der Waals surface area contributed by atoms with Gasteiger partial charge < -0.3 is 0 Å². The van der Waals surface area contributed by atoms with Crippen molar-refractivity contribution in [1.82, 2.24) is 0 Å². The summed E-state index contributed by atoms with van der Waals surface area (Å²) in [5, 5.41) is 1.19. The lowest BCUT2D eigenvalue weighted by atomic mass is 10.0. The lowest BCUT2D eigenvalue weighted by Gasteiger charge is -2.05. The van der Waals surface area contributed by atoms with Gasteiger partial charge in [-0.2, -0.15) is 0 Å². The van der Waals surface area contributed by atoms with E-state index in [1.54, 1.807) is 6.07 Å². The first-order valence-corrected chi connectivity index (χ1v) is 4.15. The van der Waals surface area contributed by atoms with Gasteiger partial charge in [0, 0.05) is 0 Å². The molecular formula is C9H9Cl2. The molecule has 0 aliphatic heterocycles. The molecule has 1 atom stereocenters. The molecule has 0 fully saturated rings. The molecule has 11 heavy (non-hydrogen) atoms. The molecule has 0 amide bonds. The van der Waals surface area contributed by atoms with Gasteiger partial charge in [0.1, 0.15) is 0 Å². The van der Waals surface area contributed by atoms with Crippen LogP contribution in [-0.4, -0.2) is 0 Å². The summed E-state index contributed by atoms with van der Waals surface area (Å²) >= 11 is 11.5. The lowest BCUT2D eigenvalue weighted by Crippen LogP contribution is -1.86. The van der Waals surface area contributed by atoms with Crippen molar-refractivity contribution in [1.29, 1.82) is 0 Å². The van der Waals surface area contributed by atoms with Gasteiger partial charge in [0.15, 0.2) is 0 Å². The standard InChI is InChI=1S/C9H9Cl2/c1-6(2)7-3-4-8(10)9(11)5-7/h3-6H,1H2,2H3/t6-/m0/s1. The minimum Gasteiger partial charge on any atom is -0.0827 e. The number of hydrogen-bond acceptors (Lipinski definition) is 0. The Hall–Kier alpha value is -0.200. The lowest BCUT2D eigenvalue weighted by molar-refractivity contribution is 0.965. The molecule has 1 radical (unpaired) electrons. The zero-order valence-corrected chi connectivity index (χ0v) is 7.78. The minimum absolute atomic E-state index is 0.254.